The van der Waals surface area contributed by atoms with Gasteiger partial charge in [-0.3, -0.25) is 4.79 Å². The van der Waals surface area contributed by atoms with Crippen LogP contribution in [-0.4, -0.2) is 18.1 Å². The number of hydrogen-bond donors (Lipinski definition) is 1. The molecular formula is C15H17FN2O2. The lowest BCUT2D eigenvalue weighted by Gasteiger charge is -2.18. The van der Waals surface area contributed by atoms with E-state index in [0.717, 1.165) is 0 Å². The van der Waals surface area contributed by atoms with Crippen molar-refractivity contribution in [2.24, 2.45) is 11.8 Å². The summed E-state index contributed by atoms with van der Waals surface area (Å²) in [6.07, 6.45) is -0.125. The highest BCUT2D eigenvalue weighted by Gasteiger charge is 2.41. The van der Waals surface area contributed by atoms with E-state index in [1.807, 2.05) is 20.8 Å². The minimum atomic E-state index is -0.593. The van der Waals surface area contributed by atoms with E-state index in [1.165, 1.54) is 18.2 Å². The predicted molar refractivity (Wildman–Crippen MR) is 72.4 cm³/mol. The number of benzene rings is 1. The van der Waals surface area contributed by atoms with Crippen LogP contribution in [0.5, 0.6) is 0 Å². The average molecular weight is 276 g/mol. The predicted octanol–water partition coefficient (Wildman–Crippen LogP) is 2.70. The van der Waals surface area contributed by atoms with Crippen LogP contribution in [0.25, 0.3) is 0 Å². The van der Waals surface area contributed by atoms with E-state index in [1.54, 1.807) is 6.07 Å². The smallest absolute Gasteiger partial charge is 0.230 e. The molecule has 0 aromatic heterocycles. The molecule has 5 heteroatoms. The summed E-state index contributed by atoms with van der Waals surface area (Å²) >= 11 is 0. The van der Waals surface area contributed by atoms with Gasteiger partial charge in [0.05, 0.1) is 23.7 Å². The number of amides is 1. The van der Waals surface area contributed by atoms with Crippen LogP contribution < -0.4 is 5.32 Å². The topological polar surface area (TPSA) is 62.1 Å². The SMILES string of the molecule is CC1OC(C)C(C(=O)Nc2ccc(F)c(C#N)c2)C1C. The number of halogens is 1. The van der Waals surface area contributed by atoms with Gasteiger partial charge in [0, 0.05) is 5.69 Å². The number of hydrogen-bond acceptors (Lipinski definition) is 3. The Hall–Kier alpha value is -1.93. The van der Waals surface area contributed by atoms with Gasteiger partial charge in [0.2, 0.25) is 5.91 Å². The van der Waals surface area contributed by atoms with Gasteiger partial charge in [0.25, 0.3) is 0 Å². The van der Waals surface area contributed by atoms with Crippen LogP contribution in [0.15, 0.2) is 18.2 Å². The number of anilines is 1. The largest absolute Gasteiger partial charge is 0.374 e. The van der Waals surface area contributed by atoms with Crippen LogP contribution in [0.4, 0.5) is 10.1 Å². The fraction of sp³-hybridized carbons (Fsp3) is 0.467. The monoisotopic (exact) mass is 276 g/mol. The number of nitrogens with zero attached hydrogens (tertiary/aromatic N) is 1. The van der Waals surface area contributed by atoms with Gasteiger partial charge in [-0.05, 0) is 38.0 Å². The fourth-order valence-corrected chi connectivity index (χ4v) is 2.63. The maximum Gasteiger partial charge on any atom is 0.230 e. The lowest BCUT2D eigenvalue weighted by Crippen LogP contribution is -2.32. The van der Waals surface area contributed by atoms with E-state index < -0.39 is 5.82 Å². The van der Waals surface area contributed by atoms with E-state index in [-0.39, 0.29) is 35.5 Å². The third kappa shape index (κ3) is 2.66. The molecule has 20 heavy (non-hydrogen) atoms. The zero-order chi connectivity index (χ0) is 14.9. The molecule has 1 heterocycles. The van der Waals surface area contributed by atoms with Gasteiger partial charge in [-0.25, -0.2) is 4.39 Å². The van der Waals surface area contributed by atoms with E-state index >= 15 is 0 Å². The fourth-order valence-electron chi connectivity index (χ4n) is 2.63. The summed E-state index contributed by atoms with van der Waals surface area (Å²) in [5.74, 6) is -0.892. The van der Waals surface area contributed by atoms with Crippen LogP contribution >= 0.6 is 0 Å². The summed E-state index contributed by atoms with van der Waals surface area (Å²) in [6, 6.07) is 5.71. The van der Waals surface area contributed by atoms with Gasteiger partial charge in [-0.1, -0.05) is 6.92 Å². The third-order valence-corrected chi connectivity index (χ3v) is 3.90. The highest BCUT2D eigenvalue weighted by molar-refractivity contribution is 5.93. The first kappa shape index (κ1) is 14.5. The Bertz CT molecular complexity index is 567. The van der Waals surface area contributed by atoms with Gasteiger partial charge < -0.3 is 10.1 Å². The molecule has 1 aliphatic rings. The number of carbonyl (C=O) groups excluding carboxylic acids is 1. The van der Waals surface area contributed by atoms with Crippen LogP contribution in [0.1, 0.15) is 26.3 Å². The molecule has 0 aliphatic carbocycles. The Morgan fingerprint density at radius 1 is 1.35 bits per heavy atom. The molecule has 0 bridgehead atoms. The molecule has 4 nitrogen and oxygen atoms in total. The van der Waals surface area contributed by atoms with Crippen molar-refractivity contribution in [3.63, 3.8) is 0 Å². The van der Waals surface area contributed by atoms with E-state index in [0.29, 0.717) is 5.69 Å². The van der Waals surface area contributed by atoms with Crippen molar-refractivity contribution in [2.45, 2.75) is 33.0 Å². The van der Waals surface area contributed by atoms with Crippen LogP contribution in [0.3, 0.4) is 0 Å². The van der Waals surface area contributed by atoms with Gasteiger partial charge >= 0.3 is 0 Å². The second-order valence-corrected chi connectivity index (χ2v) is 5.23. The van der Waals surface area contributed by atoms with Crippen LogP contribution in [0.2, 0.25) is 0 Å². The van der Waals surface area contributed by atoms with Crippen molar-refractivity contribution < 1.29 is 13.9 Å². The average Bonchev–Trinajstić information content (AvgIpc) is 2.65. The summed E-state index contributed by atoms with van der Waals surface area (Å²) < 4.78 is 18.9. The molecule has 1 fully saturated rings. The second-order valence-electron chi connectivity index (χ2n) is 5.23. The normalized spacial score (nSPS) is 28.9. The molecule has 0 saturated carbocycles. The number of rotatable bonds is 2. The summed E-state index contributed by atoms with van der Waals surface area (Å²) in [6.45, 7) is 5.79. The third-order valence-electron chi connectivity index (χ3n) is 3.90. The molecule has 0 radical (unpaired) electrons. The zero-order valence-corrected chi connectivity index (χ0v) is 11.7. The first-order valence-corrected chi connectivity index (χ1v) is 6.60. The van der Waals surface area contributed by atoms with Crippen molar-refractivity contribution in [3.8, 4) is 6.07 Å². The zero-order valence-electron chi connectivity index (χ0n) is 11.7. The molecule has 1 N–H and O–H groups in total. The Balaban J connectivity index is 2.14. The molecule has 1 aliphatic heterocycles. The summed E-state index contributed by atoms with van der Waals surface area (Å²) in [4.78, 5) is 12.3. The first-order chi connectivity index (χ1) is 9.43. The van der Waals surface area contributed by atoms with Crippen molar-refractivity contribution in [2.75, 3.05) is 5.32 Å². The van der Waals surface area contributed by atoms with Gasteiger partial charge in [-0.2, -0.15) is 5.26 Å². The van der Waals surface area contributed by atoms with Crippen LogP contribution in [-0.2, 0) is 9.53 Å². The summed E-state index contributed by atoms with van der Waals surface area (Å²) in [7, 11) is 0. The molecule has 106 valence electrons. The summed E-state index contributed by atoms with van der Waals surface area (Å²) in [5.41, 5.74) is 0.340. The lowest BCUT2D eigenvalue weighted by atomic mass is 9.89. The Morgan fingerprint density at radius 3 is 2.60 bits per heavy atom. The Morgan fingerprint density at radius 2 is 2.05 bits per heavy atom. The minimum absolute atomic E-state index is 0.0311. The standard InChI is InChI=1S/C15H17FN2O2/c1-8-9(2)20-10(3)14(8)15(19)18-12-4-5-13(16)11(6-12)7-17/h4-6,8-10,14H,1-3H3,(H,18,19). The van der Waals surface area contributed by atoms with Gasteiger partial charge in [-0.15, -0.1) is 0 Å². The van der Waals surface area contributed by atoms with Crippen molar-refractivity contribution >= 4 is 11.6 Å². The summed E-state index contributed by atoms with van der Waals surface area (Å²) in [5, 5.41) is 11.5. The minimum Gasteiger partial charge on any atom is -0.374 e. The molecule has 0 spiro atoms. The molecular weight excluding hydrogens is 259 g/mol. The van der Waals surface area contributed by atoms with Gasteiger partial charge in [0.1, 0.15) is 11.9 Å². The van der Waals surface area contributed by atoms with E-state index in [2.05, 4.69) is 5.32 Å². The second kappa shape index (κ2) is 5.59. The number of carbonyl (C=O) groups is 1. The first-order valence-electron chi connectivity index (χ1n) is 6.60. The number of nitrogens with one attached hydrogen (secondary N) is 1. The van der Waals surface area contributed by atoms with E-state index in [9.17, 15) is 9.18 Å². The molecule has 1 saturated heterocycles. The maximum absolute atomic E-state index is 13.2. The van der Waals surface area contributed by atoms with Crippen molar-refractivity contribution in [3.05, 3.63) is 29.6 Å². The van der Waals surface area contributed by atoms with Gasteiger partial charge in [0.15, 0.2) is 0 Å². The van der Waals surface area contributed by atoms with Crippen LogP contribution in [0, 0.1) is 29.0 Å². The number of ether oxygens (including phenoxy) is 1. The lowest BCUT2D eigenvalue weighted by molar-refractivity contribution is -0.121. The van der Waals surface area contributed by atoms with Crippen molar-refractivity contribution in [1.29, 1.82) is 5.26 Å². The van der Waals surface area contributed by atoms with Crippen molar-refractivity contribution in [1.82, 2.24) is 0 Å². The number of nitriles is 1. The highest BCUT2D eigenvalue weighted by Crippen LogP contribution is 2.33. The molecule has 1 aromatic rings. The Kier molecular flexibility index (Phi) is 4.05. The molecule has 4 atom stereocenters. The maximum atomic E-state index is 13.2. The molecule has 1 aromatic carbocycles. The molecule has 4 unspecified atom stereocenters. The highest BCUT2D eigenvalue weighted by atomic mass is 19.1. The van der Waals surface area contributed by atoms with E-state index in [4.69, 9.17) is 10.00 Å². The quantitative estimate of drug-likeness (QED) is 0.903. The molecule has 1 amide bonds. The Labute approximate surface area is 117 Å². The molecule has 2 rings (SSSR count).